The Bertz CT molecular complexity index is 550. The topological polar surface area (TPSA) is 74.5 Å². The third-order valence-electron chi connectivity index (χ3n) is 2.43. The molecule has 5 nitrogen and oxygen atoms in total. The Kier molecular flexibility index (Phi) is 2.82. The number of amides is 1. The van der Waals surface area contributed by atoms with Crippen LogP contribution in [0.1, 0.15) is 10.5 Å². The number of guanidine groups is 1. The lowest BCUT2D eigenvalue weighted by Gasteiger charge is -2.08. The van der Waals surface area contributed by atoms with Crippen molar-refractivity contribution in [2.75, 3.05) is 14.1 Å². The van der Waals surface area contributed by atoms with Crippen molar-refractivity contribution in [3.05, 3.63) is 36.0 Å². The maximum absolute atomic E-state index is 11.8. The molecule has 0 aliphatic rings. The van der Waals surface area contributed by atoms with Gasteiger partial charge in [0.05, 0.1) is 0 Å². The van der Waals surface area contributed by atoms with Crippen LogP contribution in [0.25, 0.3) is 10.9 Å². The Morgan fingerprint density at radius 2 is 2.06 bits per heavy atom. The lowest BCUT2D eigenvalue weighted by molar-refractivity contribution is 0.0997. The fourth-order valence-corrected chi connectivity index (χ4v) is 1.45. The van der Waals surface area contributed by atoms with E-state index < -0.39 is 0 Å². The summed E-state index contributed by atoms with van der Waals surface area (Å²) < 4.78 is 0. The number of nitrogens with zero attached hydrogens (tertiary/aromatic N) is 2. The first-order chi connectivity index (χ1) is 8.08. The maximum atomic E-state index is 11.8. The van der Waals surface area contributed by atoms with Gasteiger partial charge in [0.1, 0.15) is 5.69 Å². The Hall–Kier alpha value is -2.30. The zero-order valence-electron chi connectivity index (χ0n) is 9.77. The van der Waals surface area contributed by atoms with Crippen LogP contribution in [-0.2, 0) is 0 Å². The van der Waals surface area contributed by atoms with Crippen LogP contribution in [0.4, 0.5) is 0 Å². The van der Waals surface area contributed by atoms with E-state index in [4.69, 9.17) is 5.73 Å². The van der Waals surface area contributed by atoms with Gasteiger partial charge in [0, 0.05) is 25.0 Å². The van der Waals surface area contributed by atoms with Crippen molar-refractivity contribution in [2.24, 2.45) is 10.7 Å². The highest BCUT2D eigenvalue weighted by Gasteiger charge is 2.09. The monoisotopic (exact) mass is 230 g/mol. The molecule has 2 aromatic rings. The molecule has 17 heavy (non-hydrogen) atoms. The number of carbonyl (C=O) groups is 1. The molecule has 1 aromatic carbocycles. The average molecular weight is 230 g/mol. The number of aromatic amines is 1. The van der Waals surface area contributed by atoms with Crippen LogP contribution in [-0.4, -0.2) is 35.8 Å². The summed E-state index contributed by atoms with van der Waals surface area (Å²) in [5, 5.41) is 0.981. The molecule has 5 heteroatoms. The van der Waals surface area contributed by atoms with Gasteiger partial charge in [0.15, 0.2) is 5.96 Å². The lowest BCUT2D eigenvalue weighted by atomic mass is 10.2. The minimum atomic E-state index is -0.368. The van der Waals surface area contributed by atoms with Gasteiger partial charge >= 0.3 is 0 Å². The molecule has 0 aliphatic carbocycles. The molecule has 1 heterocycles. The molecule has 0 aliphatic heterocycles. The van der Waals surface area contributed by atoms with Gasteiger partial charge in [-0.25, -0.2) is 0 Å². The Labute approximate surface area is 98.9 Å². The van der Waals surface area contributed by atoms with Crippen LogP contribution in [0.3, 0.4) is 0 Å². The second kappa shape index (κ2) is 4.29. The van der Waals surface area contributed by atoms with E-state index in [0.29, 0.717) is 5.69 Å². The zero-order chi connectivity index (χ0) is 12.4. The summed E-state index contributed by atoms with van der Waals surface area (Å²) in [4.78, 5) is 20.2. The van der Waals surface area contributed by atoms with Crippen LogP contribution in [0.5, 0.6) is 0 Å². The van der Waals surface area contributed by atoms with Crippen LogP contribution in [0.15, 0.2) is 35.3 Å². The quantitative estimate of drug-likeness (QED) is 0.570. The van der Waals surface area contributed by atoms with Gasteiger partial charge in [0.25, 0.3) is 5.91 Å². The summed E-state index contributed by atoms with van der Waals surface area (Å²) in [6, 6.07) is 9.43. The molecule has 3 N–H and O–H groups in total. The van der Waals surface area contributed by atoms with E-state index in [1.54, 1.807) is 25.1 Å². The van der Waals surface area contributed by atoms with Gasteiger partial charge in [0.2, 0.25) is 0 Å². The molecule has 0 bridgehead atoms. The van der Waals surface area contributed by atoms with Gasteiger partial charge in [-0.1, -0.05) is 18.2 Å². The molecular formula is C12H14N4O. The minimum absolute atomic E-state index is 0.189. The largest absolute Gasteiger partial charge is 0.369 e. The van der Waals surface area contributed by atoms with Crippen molar-refractivity contribution in [2.45, 2.75) is 0 Å². The average Bonchev–Trinajstić information content (AvgIpc) is 2.72. The number of nitrogens with two attached hydrogens (primary N) is 1. The van der Waals surface area contributed by atoms with Gasteiger partial charge in [-0.2, -0.15) is 4.99 Å². The summed E-state index contributed by atoms with van der Waals surface area (Å²) in [7, 11) is 3.47. The van der Waals surface area contributed by atoms with E-state index in [1.165, 1.54) is 0 Å². The summed E-state index contributed by atoms with van der Waals surface area (Å²) in [6.07, 6.45) is 0. The van der Waals surface area contributed by atoms with Gasteiger partial charge < -0.3 is 15.6 Å². The van der Waals surface area contributed by atoms with Crippen molar-refractivity contribution in [3.8, 4) is 0 Å². The predicted molar refractivity (Wildman–Crippen MR) is 67.9 cm³/mol. The molecule has 0 saturated carbocycles. The maximum Gasteiger partial charge on any atom is 0.296 e. The van der Waals surface area contributed by atoms with E-state index in [0.717, 1.165) is 10.9 Å². The number of para-hydroxylation sites is 1. The van der Waals surface area contributed by atoms with E-state index in [-0.39, 0.29) is 11.9 Å². The second-order valence-corrected chi connectivity index (χ2v) is 3.94. The zero-order valence-corrected chi connectivity index (χ0v) is 9.77. The highest BCUT2D eigenvalue weighted by atomic mass is 16.1. The SMILES string of the molecule is CN(C)C(N)=NC(=O)c1cc2ccccc2[nH]1. The highest BCUT2D eigenvalue weighted by molar-refractivity contribution is 6.03. The van der Waals surface area contributed by atoms with Crippen LogP contribution in [0.2, 0.25) is 0 Å². The molecule has 0 spiro atoms. The fraction of sp³-hybridized carbons (Fsp3) is 0.167. The number of hydrogen-bond donors (Lipinski definition) is 2. The Morgan fingerprint density at radius 1 is 1.35 bits per heavy atom. The first-order valence-electron chi connectivity index (χ1n) is 5.21. The Morgan fingerprint density at radius 3 is 2.71 bits per heavy atom. The van der Waals surface area contributed by atoms with Crippen LogP contribution < -0.4 is 5.73 Å². The number of rotatable bonds is 1. The minimum Gasteiger partial charge on any atom is -0.369 e. The number of carbonyl (C=O) groups excluding carboxylic acids is 1. The van der Waals surface area contributed by atoms with Crippen LogP contribution in [0, 0.1) is 0 Å². The summed E-state index contributed by atoms with van der Waals surface area (Å²) in [5.74, 6) is -0.180. The van der Waals surface area contributed by atoms with Crippen molar-refractivity contribution in [1.82, 2.24) is 9.88 Å². The number of H-pyrrole nitrogens is 1. The summed E-state index contributed by atoms with van der Waals surface area (Å²) in [6.45, 7) is 0. The van der Waals surface area contributed by atoms with E-state index >= 15 is 0 Å². The summed E-state index contributed by atoms with van der Waals surface area (Å²) >= 11 is 0. The number of aliphatic imine (C=N–C) groups is 1. The number of aromatic nitrogens is 1. The van der Waals surface area contributed by atoms with Crippen molar-refractivity contribution in [3.63, 3.8) is 0 Å². The van der Waals surface area contributed by atoms with Gasteiger partial charge in [-0.15, -0.1) is 0 Å². The third-order valence-corrected chi connectivity index (χ3v) is 2.43. The fourth-order valence-electron chi connectivity index (χ4n) is 1.45. The molecule has 0 saturated heterocycles. The Balaban J connectivity index is 2.34. The highest BCUT2D eigenvalue weighted by Crippen LogP contribution is 2.15. The molecule has 0 fully saturated rings. The normalized spacial score (nSPS) is 11.8. The molecule has 88 valence electrons. The third kappa shape index (κ3) is 2.28. The number of benzene rings is 1. The molecule has 1 aromatic heterocycles. The standard InChI is InChI=1S/C12H14N4O/c1-16(2)12(13)15-11(17)10-7-8-5-3-4-6-9(8)14-10/h3-7,14H,1-2H3,(H2,13,15,17). The molecule has 0 unspecified atom stereocenters. The lowest BCUT2D eigenvalue weighted by Crippen LogP contribution is -2.31. The van der Waals surface area contributed by atoms with Crippen LogP contribution >= 0.6 is 0 Å². The summed E-state index contributed by atoms with van der Waals surface area (Å²) in [5.41, 5.74) is 6.94. The molecule has 1 amide bonds. The van der Waals surface area contributed by atoms with E-state index in [1.807, 2.05) is 24.3 Å². The van der Waals surface area contributed by atoms with Crippen molar-refractivity contribution in [1.29, 1.82) is 0 Å². The molecule has 2 rings (SSSR count). The first kappa shape index (κ1) is 11.2. The number of fused-ring (bicyclic) bond motifs is 1. The van der Waals surface area contributed by atoms with E-state index in [2.05, 4.69) is 9.98 Å². The predicted octanol–water partition coefficient (Wildman–Crippen LogP) is 1.18. The molecule has 0 radical (unpaired) electrons. The van der Waals surface area contributed by atoms with E-state index in [9.17, 15) is 4.79 Å². The van der Waals surface area contributed by atoms with Gasteiger partial charge in [-0.3, -0.25) is 4.79 Å². The van der Waals surface area contributed by atoms with Gasteiger partial charge in [-0.05, 0) is 12.1 Å². The smallest absolute Gasteiger partial charge is 0.296 e. The first-order valence-corrected chi connectivity index (χ1v) is 5.21. The molecule has 0 atom stereocenters. The molecular weight excluding hydrogens is 216 g/mol. The number of nitrogens with one attached hydrogen (secondary N) is 1. The van der Waals surface area contributed by atoms with Crippen molar-refractivity contribution < 1.29 is 4.79 Å². The number of hydrogen-bond acceptors (Lipinski definition) is 1. The van der Waals surface area contributed by atoms with Crippen molar-refractivity contribution >= 4 is 22.8 Å². The second-order valence-electron chi connectivity index (χ2n) is 3.94.